The monoisotopic (exact) mass is 411 g/mol. The lowest BCUT2D eigenvalue weighted by atomic mass is 10.1. The average molecular weight is 412 g/mol. The molecule has 3 nitrogen and oxygen atoms in total. The Hall–Kier alpha value is -2.30. The molecule has 0 heterocycles. The van der Waals surface area contributed by atoms with Gasteiger partial charge in [-0.2, -0.15) is 0 Å². The molecule has 4 heteroatoms. The van der Waals surface area contributed by atoms with Gasteiger partial charge >= 0.3 is 0 Å². The van der Waals surface area contributed by atoms with Gasteiger partial charge in [0, 0.05) is 23.6 Å². The van der Waals surface area contributed by atoms with E-state index in [1.54, 1.807) is 0 Å². The van der Waals surface area contributed by atoms with Crippen molar-refractivity contribution in [2.75, 3.05) is 10.6 Å². The Kier molecular flexibility index (Phi) is 6.69. The molecule has 134 valence electrons. The number of anilines is 1. The van der Waals surface area contributed by atoms with Gasteiger partial charge in [-0.15, -0.1) is 0 Å². The number of hydrogen-bond acceptors (Lipinski definition) is 3. The maximum absolute atomic E-state index is 10.2. The molecule has 0 bridgehead atoms. The molecule has 0 aliphatic rings. The van der Waals surface area contributed by atoms with Crippen LogP contribution in [0.2, 0.25) is 0 Å². The van der Waals surface area contributed by atoms with Gasteiger partial charge < -0.3 is 15.2 Å². The minimum atomic E-state index is -0.576. The molecule has 1 atom stereocenters. The quantitative estimate of drug-likeness (QED) is 0.493. The Morgan fingerprint density at radius 2 is 1.54 bits per heavy atom. The first-order valence-corrected chi connectivity index (χ1v) is 9.70. The molecule has 1 unspecified atom stereocenters. The van der Waals surface area contributed by atoms with E-state index in [-0.39, 0.29) is 0 Å². The fourth-order valence-electron chi connectivity index (χ4n) is 2.63. The van der Waals surface area contributed by atoms with E-state index in [4.69, 9.17) is 4.74 Å². The first-order chi connectivity index (χ1) is 12.7. The van der Waals surface area contributed by atoms with Gasteiger partial charge in [0.05, 0.1) is 6.10 Å². The van der Waals surface area contributed by atoms with Crippen LogP contribution < -0.4 is 10.1 Å². The van der Waals surface area contributed by atoms with Crippen LogP contribution in [-0.4, -0.2) is 10.4 Å². The van der Waals surface area contributed by atoms with Crippen molar-refractivity contribution in [2.45, 2.75) is 19.3 Å². The van der Waals surface area contributed by atoms with Gasteiger partial charge in [0.15, 0.2) is 0 Å². The van der Waals surface area contributed by atoms with Gasteiger partial charge in [-0.05, 0) is 28.8 Å². The average Bonchev–Trinajstić information content (AvgIpc) is 2.71. The largest absolute Gasteiger partial charge is 0.489 e. The van der Waals surface area contributed by atoms with Crippen LogP contribution in [0, 0.1) is 0 Å². The minimum Gasteiger partial charge on any atom is -0.489 e. The standard InChI is InChI=1S/C22H22BrNO2/c23-14-22(25)19-11-20(24-15-17-7-3-1-4-8-17)13-21(12-19)26-16-18-9-5-2-6-10-18/h1-13,22,24-25H,14-16H2. The molecule has 2 N–H and O–H groups in total. The molecule has 0 radical (unpaired) electrons. The molecule has 0 fully saturated rings. The van der Waals surface area contributed by atoms with Crippen LogP contribution in [0.15, 0.2) is 78.9 Å². The van der Waals surface area contributed by atoms with Crippen LogP contribution >= 0.6 is 15.9 Å². The zero-order valence-electron chi connectivity index (χ0n) is 14.4. The van der Waals surface area contributed by atoms with Gasteiger partial charge in [-0.1, -0.05) is 76.6 Å². The smallest absolute Gasteiger partial charge is 0.122 e. The normalized spacial score (nSPS) is 11.8. The fourth-order valence-corrected chi connectivity index (χ4v) is 3.00. The molecular weight excluding hydrogens is 390 g/mol. The Morgan fingerprint density at radius 3 is 2.19 bits per heavy atom. The van der Waals surface area contributed by atoms with Crippen LogP contribution in [-0.2, 0) is 13.2 Å². The van der Waals surface area contributed by atoms with E-state index in [1.165, 1.54) is 5.56 Å². The van der Waals surface area contributed by atoms with Gasteiger partial charge in [0.2, 0.25) is 0 Å². The number of aliphatic hydroxyl groups excluding tert-OH is 1. The van der Waals surface area contributed by atoms with Crippen molar-refractivity contribution in [1.29, 1.82) is 0 Å². The number of ether oxygens (including phenoxy) is 1. The van der Waals surface area contributed by atoms with Crippen LogP contribution in [0.3, 0.4) is 0 Å². The van der Waals surface area contributed by atoms with Gasteiger partial charge in [-0.3, -0.25) is 0 Å². The number of rotatable bonds is 8. The Bertz CT molecular complexity index is 747. The van der Waals surface area contributed by atoms with Crippen molar-refractivity contribution in [3.8, 4) is 5.75 Å². The van der Waals surface area contributed by atoms with Gasteiger partial charge in [0.1, 0.15) is 12.4 Å². The number of alkyl halides is 1. The Balaban J connectivity index is 1.74. The summed E-state index contributed by atoms with van der Waals surface area (Å²) in [6, 6.07) is 26.1. The summed E-state index contributed by atoms with van der Waals surface area (Å²) < 4.78 is 5.95. The van der Waals surface area contributed by atoms with Crippen molar-refractivity contribution in [3.63, 3.8) is 0 Å². The summed E-state index contributed by atoms with van der Waals surface area (Å²) in [6.45, 7) is 1.21. The van der Waals surface area contributed by atoms with E-state index in [2.05, 4.69) is 33.4 Å². The van der Waals surface area contributed by atoms with Crippen LogP contribution in [0.25, 0.3) is 0 Å². The van der Waals surface area contributed by atoms with Crippen molar-refractivity contribution in [2.24, 2.45) is 0 Å². The topological polar surface area (TPSA) is 41.5 Å². The van der Waals surface area contributed by atoms with Crippen molar-refractivity contribution >= 4 is 21.6 Å². The molecule has 26 heavy (non-hydrogen) atoms. The lowest BCUT2D eigenvalue weighted by molar-refractivity contribution is 0.204. The summed E-state index contributed by atoms with van der Waals surface area (Å²) >= 11 is 3.34. The summed E-state index contributed by atoms with van der Waals surface area (Å²) in [4.78, 5) is 0. The summed E-state index contributed by atoms with van der Waals surface area (Å²) in [6.07, 6.45) is -0.576. The van der Waals surface area contributed by atoms with Crippen molar-refractivity contribution in [3.05, 3.63) is 95.6 Å². The van der Waals surface area contributed by atoms with E-state index in [0.717, 1.165) is 22.6 Å². The third-order valence-corrected chi connectivity index (χ3v) is 4.66. The number of hydrogen-bond donors (Lipinski definition) is 2. The minimum absolute atomic E-state index is 0.479. The molecule has 0 aliphatic carbocycles. The molecule has 0 spiro atoms. The zero-order chi connectivity index (χ0) is 18.2. The second kappa shape index (κ2) is 9.41. The zero-order valence-corrected chi connectivity index (χ0v) is 16.0. The highest BCUT2D eigenvalue weighted by Gasteiger charge is 2.10. The highest BCUT2D eigenvalue weighted by Crippen LogP contribution is 2.27. The van der Waals surface area contributed by atoms with E-state index < -0.39 is 6.10 Å². The number of aliphatic hydroxyl groups is 1. The van der Waals surface area contributed by atoms with Crippen molar-refractivity contribution in [1.82, 2.24) is 0 Å². The lowest BCUT2D eigenvalue weighted by Crippen LogP contribution is -2.04. The predicted molar refractivity (Wildman–Crippen MR) is 110 cm³/mol. The highest BCUT2D eigenvalue weighted by molar-refractivity contribution is 9.09. The van der Waals surface area contributed by atoms with Gasteiger partial charge in [0.25, 0.3) is 0 Å². The second-order valence-electron chi connectivity index (χ2n) is 6.07. The molecular formula is C22H22BrNO2. The summed E-state index contributed by atoms with van der Waals surface area (Å²) in [5, 5.41) is 14.1. The molecule has 0 amide bonds. The summed E-state index contributed by atoms with van der Waals surface area (Å²) in [7, 11) is 0. The first kappa shape index (κ1) is 18.5. The lowest BCUT2D eigenvalue weighted by Gasteiger charge is -2.15. The summed E-state index contributed by atoms with van der Waals surface area (Å²) in [5.41, 5.74) is 4.06. The molecule has 0 saturated heterocycles. The third kappa shape index (κ3) is 5.35. The van der Waals surface area contributed by atoms with Gasteiger partial charge in [-0.25, -0.2) is 0 Å². The number of benzene rings is 3. The van der Waals surface area contributed by atoms with E-state index >= 15 is 0 Å². The first-order valence-electron chi connectivity index (χ1n) is 8.58. The third-order valence-electron chi connectivity index (χ3n) is 4.05. The van der Waals surface area contributed by atoms with E-state index in [1.807, 2.05) is 66.7 Å². The van der Waals surface area contributed by atoms with E-state index in [9.17, 15) is 5.11 Å². The van der Waals surface area contributed by atoms with Crippen molar-refractivity contribution < 1.29 is 9.84 Å². The maximum atomic E-state index is 10.2. The highest BCUT2D eigenvalue weighted by atomic mass is 79.9. The molecule has 0 aliphatic heterocycles. The molecule has 3 aromatic carbocycles. The van der Waals surface area contributed by atoms with Crippen LogP contribution in [0.4, 0.5) is 5.69 Å². The summed E-state index contributed by atoms with van der Waals surface area (Å²) in [5.74, 6) is 0.738. The molecule has 0 saturated carbocycles. The fraction of sp³-hybridized carbons (Fsp3) is 0.182. The predicted octanol–water partition coefficient (Wildman–Crippen LogP) is 5.31. The van der Waals surface area contributed by atoms with Crippen LogP contribution in [0.1, 0.15) is 22.8 Å². The Labute approximate surface area is 162 Å². The second-order valence-corrected chi connectivity index (χ2v) is 6.72. The Morgan fingerprint density at radius 1 is 0.885 bits per heavy atom. The van der Waals surface area contributed by atoms with E-state index in [0.29, 0.717) is 18.5 Å². The maximum Gasteiger partial charge on any atom is 0.122 e. The molecule has 0 aromatic heterocycles. The molecule has 3 aromatic rings. The van der Waals surface area contributed by atoms with Crippen LogP contribution in [0.5, 0.6) is 5.75 Å². The number of halogens is 1. The SMILES string of the molecule is OC(CBr)c1cc(NCc2ccccc2)cc(OCc2ccccc2)c1. The number of nitrogens with one attached hydrogen (secondary N) is 1. The molecule has 3 rings (SSSR count).